The van der Waals surface area contributed by atoms with Crippen molar-refractivity contribution in [1.82, 2.24) is 9.55 Å². The van der Waals surface area contributed by atoms with Gasteiger partial charge < -0.3 is 0 Å². The van der Waals surface area contributed by atoms with Gasteiger partial charge in [-0.2, -0.15) is 0 Å². The van der Waals surface area contributed by atoms with Crippen LogP contribution in [0.2, 0.25) is 0 Å². The van der Waals surface area contributed by atoms with Crippen LogP contribution in [0.25, 0.3) is 0 Å². The maximum atomic E-state index is 11.5. The molecule has 1 aromatic rings. The highest BCUT2D eigenvalue weighted by Gasteiger charge is 2.12. The van der Waals surface area contributed by atoms with Gasteiger partial charge >= 0.3 is 0 Å². The van der Waals surface area contributed by atoms with Crippen molar-refractivity contribution in [3.8, 4) is 0 Å². The van der Waals surface area contributed by atoms with Crippen molar-refractivity contribution in [2.45, 2.75) is 25.8 Å². The van der Waals surface area contributed by atoms with Crippen LogP contribution in [0, 0.1) is 0 Å². The molecule has 0 atom stereocenters. The molecular formula is C9H10N2O2. The normalized spacial score (nSPS) is 15.1. The van der Waals surface area contributed by atoms with Gasteiger partial charge in [-0.1, -0.05) is 0 Å². The van der Waals surface area contributed by atoms with Crippen LogP contribution in [0.4, 0.5) is 0 Å². The fourth-order valence-electron chi connectivity index (χ4n) is 1.61. The molecule has 2 rings (SSSR count). The molecule has 2 heterocycles. The van der Waals surface area contributed by atoms with E-state index in [0.29, 0.717) is 12.8 Å². The van der Waals surface area contributed by atoms with Gasteiger partial charge in [0.1, 0.15) is 5.82 Å². The van der Waals surface area contributed by atoms with Gasteiger partial charge in [0.25, 0.3) is 5.56 Å². The smallest absolute Gasteiger partial charge is 0.264 e. The van der Waals surface area contributed by atoms with Crippen LogP contribution in [-0.2, 0) is 13.0 Å². The molecule has 0 fully saturated rings. The van der Waals surface area contributed by atoms with Gasteiger partial charge in [0.2, 0.25) is 0 Å². The molecule has 1 aromatic heterocycles. The molecule has 4 heteroatoms. The van der Waals surface area contributed by atoms with Crippen molar-refractivity contribution in [2.24, 2.45) is 0 Å². The summed E-state index contributed by atoms with van der Waals surface area (Å²) in [6, 6.07) is 0. The molecule has 0 aliphatic carbocycles. The van der Waals surface area contributed by atoms with Gasteiger partial charge in [0.15, 0.2) is 6.29 Å². The van der Waals surface area contributed by atoms with Crippen LogP contribution >= 0.6 is 0 Å². The topological polar surface area (TPSA) is 52.0 Å². The molecule has 0 saturated heterocycles. The Kier molecular flexibility index (Phi) is 1.96. The van der Waals surface area contributed by atoms with Gasteiger partial charge in [0, 0.05) is 19.2 Å². The molecule has 13 heavy (non-hydrogen) atoms. The minimum atomic E-state index is -0.195. The molecule has 68 valence electrons. The third-order valence-electron chi connectivity index (χ3n) is 2.32. The number of fused-ring (bicyclic) bond motifs is 1. The molecule has 0 radical (unpaired) electrons. The average molecular weight is 178 g/mol. The number of carbonyl (C=O) groups is 1. The predicted octanol–water partition coefficient (Wildman–Crippen LogP) is 0.392. The van der Waals surface area contributed by atoms with Gasteiger partial charge in [-0.05, 0) is 12.8 Å². The number of aromatic nitrogens is 2. The second kappa shape index (κ2) is 3.12. The van der Waals surface area contributed by atoms with E-state index < -0.39 is 0 Å². The van der Waals surface area contributed by atoms with Crippen molar-refractivity contribution in [2.75, 3.05) is 0 Å². The Bertz CT molecular complexity index is 395. The summed E-state index contributed by atoms with van der Waals surface area (Å²) in [4.78, 5) is 26.1. The second-order valence-electron chi connectivity index (χ2n) is 3.16. The van der Waals surface area contributed by atoms with E-state index in [2.05, 4.69) is 4.98 Å². The van der Waals surface area contributed by atoms with Crippen LogP contribution in [0.1, 0.15) is 29.0 Å². The van der Waals surface area contributed by atoms with Gasteiger partial charge in [-0.3, -0.25) is 14.2 Å². The van der Waals surface area contributed by atoms with Crippen LogP contribution in [0.3, 0.4) is 0 Å². The number of hydrogen-bond acceptors (Lipinski definition) is 3. The quantitative estimate of drug-likeness (QED) is 0.584. The lowest BCUT2D eigenvalue weighted by Gasteiger charge is -2.16. The monoisotopic (exact) mass is 178 g/mol. The number of hydrogen-bond donors (Lipinski definition) is 0. The standard InChI is InChI=1S/C9H10N2O2/c12-6-7-5-10-8-3-1-2-4-11(8)9(7)13/h5-6H,1-4H2. The second-order valence-corrected chi connectivity index (χ2v) is 3.16. The van der Waals surface area contributed by atoms with E-state index in [1.165, 1.54) is 6.20 Å². The summed E-state index contributed by atoms with van der Waals surface area (Å²) in [5, 5.41) is 0. The van der Waals surface area contributed by atoms with Gasteiger partial charge in [-0.15, -0.1) is 0 Å². The van der Waals surface area contributed by atoms with Crippen LogP contribution in [-0.4, -0.2) is 15.8 Å². The first-order valence-electron chi connectivity index (χ1n) is 4.37. The summed E-state index contributed by atoms with van der Waals surface area (Å²) in [5.74, 6) is 0.807. The maximum absolute atomic E-state index is 11.5. The molecule has 1 aliphatic rings. The van der Waals surface area contributed by atoms with E-state index >= 15 is 0 Å². The lowest BCUT2D eigenvalue weighted by atomic mass is 10.1. The summed E-state index contributed by atoms with van der Waals surface area (Å²) in [7, 11) is 0. The fourth-order valence-corrected chi connectivity index (χ4v) is 1.61. The first kappa shape index (κ1) is 8.16. The van der Waals surface area contributed by atoms with E-state index in [1.54, 1.807) is 4.57 Å². The molecule has 0 amide bonds. The van der Waals surface area contributed by atoms with Crippen molar-refractivity contribution < 1.29 is 4.79 Å². The Morgan fingerprint density at radius 1 is 1.46 bits per heavy atom. The molecule has 0 spiro atoms. The van der Waals surface area contributed by atoms with E-state index in [9.17, 15) is 9.59 Å². The molecule has 0 N–H and O–H groups in total. The number of aldehydes is 1. The van der Waals surface area contributed by atoms with E-state index in [0.717, 1.165) is 25.1 Å². The predicted molar refractivity (Wildman–Crippen MR) is 46.8 cm³/mol. The maximum Gasteiger partial charge on any atom is 0.264 e. The minimum Gasteiger partial charge on any atom is -0.298 e. The Balaban J connectivity index is 2.61. The number of aryl methyl sites for hydroxylation is 1. The van der Waals surface area contributed by atoms with Crippen molar-refractivity contribution in [1.29, 1.82) is 0 Å². The zero-order chi connectivity index (χ0) is 9.26. The van der Waals surface area contributed by atoms with E-state index in [-0.39, 0.29) is 11.1 Å². The van der Waals surface area contributed by atoms with Crippen LogP contribution < -0.4 is 5.56 Å². The zero-order valence-electron chi connectivity index (χ0n) is 7.19. The fraction of sp³-hybridized carbons (Fsp3) is 0.444. The van der Waals surface area contributed by atoms with Crippen molar-refractivity contribution >= 4 is 6.29 Å². The van der Waals surface area contributed by atoms with Crippen molar-refractivity contribution in [3.63, 3.8) is 0 Å². The van der Waals surface area contributed by atoms with Crippen molar-refractivity contribution in [3.05, 3.63) is 27.9 Å². The summed E-state index contributed by atoms with van der Waals surface area (Å²) in [5.41, 5.74) is -0.0367. The SMILES string of the molecule is O=Cc1cnc2n(c1=O)CCCC2. The number of carbonyl (C=O) groups excluding carboxylic acids is 1. The molecule has 1 aliphatic heterocycles. The highest BCUT2D eigenvalue weighted by atomic mass is 16.1. The van der Waals surface area contributed by atoms with Gasteiger partial charge in [-0.25, -0.2) is 4.98 Å². The highest BCUT2D eigenvalue weighted by Crippen LogP contribution is 2.08. The Labute approximate surface area is 75.2 Å². The Hall–Kier alpha value is -1.45. The van der Waals surface area contributed by atoms with E-state index in [4.69, 9.17) is 0 Å². The first-order valence-corrected chi connectivity index (χ1v) is 4.37. The summed E-state index contributed by atoms with van der Waals surface area (Å²) in [6.07, 6.45) is 4.85. The van der Waals surface area contributed by atoms with Gasteiger partial charge in [0.05, 0.1) is 5.56 Å². The summed E-state index contributed by atoms with van der Waals surface area (Å²) >= 11 is 0. The number of rotatable bonds is 1. The molecule has 0 bridgehead atoms. The summed E-state index contributed by atoms with van der Waals surface area (Å²) < 4.78 is 1.60. The van der Waals surface area contributed by atoms with E-state index in [1.807, 2.05) is 0 Å². The molecule has 0 unspecified atom stereocenters. The largest absolute Gasteiger partial charge is 0.298 e. The Morgan fingerprint density at radius 3 is 3.08 bits per heavy atom. The molecular weight excluding hydrogens is 168 g/mol. The highest BCUT2D eigenvalue weighted by molar-refractivity contribution is 5.73. The third kappa shape index (κ3) is 1.28. The third-order valence-corrected chi connectivity index (χ3v) is 2.32. The molecule has 0 saturated carbocycles. The first-order chi connectivity index (χ1) is 6.33. The average Bonchev–Trinajstić information content (AvgIpc) is 2.19. The lowest BCUT2D eigenvalue weighted by Crippen LogP contribution is -2.30. The number of nitrogens with zero attached hydrogens (tertiary/aromatic N) is 2. The summed E-state index contributed by atoms with van der Waals surface area (Å²) in [6.45, 7) is 0.697. The lowest BCUT2D eigenvalue weighted by molar-refractivity contribution is 0.112. The zero-order valence-corrected chi connectivity index (χ0v) is 7.19. The molecule has 4 nitrogen and oxygen atoms in total. The van der Waals surface area contributed by atoms with Crippen LogP contribution in [0.15, 0.2) is 11.0 Å². The Morgan fingerprint density at radius 2 is 2.31 bits per heavy atom. The van der Waals surface area contributed by atoms with Crippen LogP contribution in [0.5, 0.6) is 0 Å². The molecule has 0 aromatic carbocycles. The minimum absolute atomic E-state index is 0.158.